The molecule has 0 unspecified atom stereocenters. The molecule has 0 amide bonds. The minimum atomic E-state index is -4.78. The van der Waals surface area contributed by atoms with Gasteiger partial charge in [0.1, 0.15) is 11.4 Å². The number of halogens is 3. The maximum absolute atomic E-state index is 12.3. The van der Waals surface area contributed by atoms with Gasteiger partial charge in [-0.15, -0.1) is 13.2 Å². The van der Waals surface area contributed by atoms with Gasteiger partial charge in [-0.3, -0.25) is 0 Å². The highest BCUT2D eigenvalue weighted by Gasteiger charge is 2.31. The molecule has 0 saturated heterocycles. The van der Waals surface area contributed by atoms with Gasteiger partial charge in [-0.05, 0) is 29.7 Å². The second kappa shape index (κ2) is 4.73. The number of alkyl halides is 3. The molecule has 7 heteroatoms. The molecule has 1 aromatic carbocycles. The van der Waals surface area contributed by atoms with Crippen LogP contribution in [0.5, 0.6) is 5.75 Å². The molecule has 0 radical (unpaired) electrons. The third-order valence-electron chi connectivity index (χ3n) is 2.82. The van der Waals surface area contributed by atoms with E-state index in [9.17, 15) is 18.0 Å². The van der Waals surface area contributed by atoms with Gasteiger partial charge in [-0.2, -0.15) is 0 Å². The summed E-state index contributed by atoms with van der Waals surface area (Å²) in [7, 11) is 0. The average Bonchev–Trinajstić information content (AvgIpc) is 2.69. The van der Waals surface area contributed by atoms with Gasteiger partial charge < -0.3 is 14.8 Å². The smallest absolute Gasteiger partial charge is 0.477 e. The van der Waals surface area contributed by atoms with Crippen molar-refractivity contribution in [3.63, 3.8) is 0 Å². The number of rotatable bonds is 3. The monoisotopic (exact) mass is 287 g/mol. The van der Waals surface area contributed by atoms with E-state index in [-0.39, 0.29) is 17.4 Å². The van der Waals surface area contributed by atoms with Gasteiger partial charge in [0.25, 0.3) is 0 Å². The van der Waals surface area contributed by atoms with Crippen LogP contribution in [-0.2, 0) is 0 Å². The fourth-order valence-electron chi connectivity index (χ4n) is 2.01. The number of nitrogens with one attached hydrogen (secondary N) is 1. The zero-order valence-electron chi connectivity index (χ0n) is 10.7. The van der Waals surface area contributed by atoms with E-state index in [1.807, 2.05) is 0 Å². The number of hydrogen-bond acceptors (Lipinski definition) is 2. The van der Waals surface area contributed by atoms with Gasteiger partial charge in [-0.1, -0.05) is 13.8 Å². The van der Waals surface area contributed by atoms with Crippen molar-refractivity contribution in [1.29, 1.82) is 0 Å². The molecule has 1 aromatic heterocycles. The van der Waals surface area contributed by atoms with Gasteiger partial charge in [0.2, 0.25) is 0 Å². The molecule has 1 heterocycles. The molecule has 2 aromatic rings. The van der Waals surface area contributed by atoms with E-state index < -0.39 is 12.3 Å². The Labute approximate surface area is 112 Å². The number of aromatic carboxylic acids is 1. The Morgan fingerprint density at radius 3 is 2.45 bits per heavy atom. The van der Waals surface area contributed by atoms with Crippen molar-refractivity contribution in [2.24, 2.45) is 0 Å². The zero-order valence-corrected chi connectivity index (χ0v) is 10.7. The lowest BCUT2D eigenvalue weighted by molar-refractivity contribution is -0.274. The molecule has 0 atom stereocenters. The molecule has 0 spiro atoms. The average molecular weight is 287 g/mol. The minimum Gasteiger partial charge on any atom is -0.477 e. The van der Waals surface area contributed by atoms with Crippen LogP contribution in [0.2, 0.25) is 0 Å². The highest BCUT2D eigenvalue weighted by molar-refractivity contribution is 5.95. The fourth-order valence-corrected chi connectivity index (χ4v) is 2.01. The summed E-state index contributed by atoms with van der Waals surface area (Å²) in [6.45, 7) is 3.60. The lowest BCUT2D eigenvalue weighted by atomic mass is 10.0. The molecule has 0 aliphatic carbocycles. The van der Waals surface area contributed by atoms with Crippen molar-refractivity contribution < 1.29 is 27.8 Å². The Bertz CT molecular complexity index is 659. The molecule has 0 saturated carbocycles. The molecular weight excluding hydrogens is 275 g/mol. The van der Waals surface area contributed by atoms with Crippen LogP contribution in [-0.4, -0.2) is 22.4 Å². The van der Waals surface area contributed by atoms with Crippen LogP contribution in [0.3, 0.4) is 0 Å². The number of benzene rings is 1. The summed E-state index contributed by atoms with van der Waals surface area (Å²) in [5.74, 6) is -1.62. The quantitative estimate of drug-likeness (QED) is 0.900. The van der Waals surface area contributed by atoms with Gasteiger partial charge in [-0.25, -0.2) is 4.79 Å². The maximum Gasteiger partial charge on any atom is 0.573 e. The fraction of sp³-hybridized carbons (Fsp3) is 0.308. The predicted molar refractivity (Wildman–Crippen MR) is 66.0 cm³/mol. The second-order valence-corrected chi connectivity index (χ2v) is 4.67. The number of ether oxygens (including phenoxy) is 1. The Kier molecular flexibility index (Phi) is 3.37. The van der Waals surface area contributed by atoms with Crippen LogP contribution in [0.4, 0.5) is 13.2 Å². The molecule has 0 aliphatic heterocycles. The molecule has 108 valence electrons. The summed E-state index contributed by atoms with van der Waals surface area (Å²) in [4.78, 5) is 13.6. The Morgan fingerprint density at radius 1 is 1.30 bits per heavy atom. The molecule has 2 rings (SSSR count). The summed E-state index contributed by atoms with van der Waals surface area (Å²) in [6, 6.07) is 3.72. The first-order chi connectivity index (χ1) is 9.17. The molecule has 0 fully saturated rings. The van der Waals surface area contributed by atoms with E-state index in [0.29, 0.717) is 16.5 Å². The van der Waals surface area contributed by atoms with E-state index in [0.717, 1.165) is 6.07 Å². The molecule has 4 nitrogen and oxygen atoms in total. The maximum atomic E-state index is 12.3. The summed E-state index contributed by atoms with van der Waals surface area (Å²) in [6.07, 6.45) is -4.78. The van der Waals surface area contributed by atoms with Gasteiger partial charge in [0, 0.05) is 10.9 Å². The number of carbonyl (C=O) groups is 1. The van der Waals surface area contributed by atoms with Crippen molar-refractivity contribution in [3.8, 4) is 5.75 Å². The first kappa shape index (κ1) is 14.2. The Morgan fingerprint density at radius 2 is 1.95 bits per heavy atom. The third-order valence-corrected chi connectivity index (χ3v) is 2.82. The summed E-state index contributed by atoms with van der Waals surface area (Å²) in [5.41, 5.74) is 0.993. The number of fused-ring (bicyclic) bond motifs is 1. The summed E-state index contributed by atoms with van der Waals surface area (Å²) in [5, 5.41) is 9.30. The second-order valence-electron chi connectivity index (χ2n) is 4.67. The third kappa shape index (κ3) is 2.87. The van der Waals surface area contributed by atoms with E-state index in [1.54, 1.807) is 13.8 Å². The number of hydrogen-bond donors (Lipinski definition) is 2. The molecule has 2 N–H and O–H groups in total. The van der Waals surface area contributed by atoms with Crippen LogP contribution in [0.15, 0.2) is 18.2 Å². The van der Waals surface area contributed by atoms with Crippen molar-refractivity contribution in [1.82, 2.24) is 4.98 Å². The highest BCUT2D eigenvalue weighted by Crippen LogP contribution is 2.33. The number of aromatic nitrogens is 1. The SMILES string of the molecule is CC(C)c1cc(OC(F)(F)F)cc2cc(C(=O)O)[nH]c12. The summed E-state index contributed by atoms with van der Waals surface area (Å²) < 4.78 is 40.8. The topological polar surface area (TPSA) is 62.3 Å². The van der Waals surface area contributed by atoms with Crippen molar-refractivity contribution in [3.05, 3.63) is 29.5 Å². The predicted octanol–water partition coefficient (Wildman–Crippen LogP) is 3.89. The lowest BCUT2D eigenvalue weighted by Crippen LogP contribution is -2.17. The minimum absolute atomic E-state index is 0.0777. The van der Waals surface area contributed by atoms with Crippen LogP contribution < -0.4 is 4.74 Å². The molecule has 0 bridgehead atoms. The lowest BCUT2D eigenvalue weighted by Gasteiger charge is -2.13. The van der Waals surface area contributed by atoms with Crippen molar-refractivity contribution in [2.75, 3.05) is 0 Å². The summed E-state index contributed by atoms with van der Waals surface area (Å²) >= 11 is 0. The Balaban J connectivity index is 2.61. The first-order valence-corrected chi connectivity index (χ1v) is 5.83. The number of carboxylic acid groups (broad SMARTS) is 1. The van der Waals surface area contributed by atoms with Crippen LogP contribution >= 0.6 is 0 Å². The highest BCUT2D eigenvalue weighted by atomic mass is 19.4. The largest absolute Gasteiger partial charge is 0.573 e. The standard InChI is InChI=1S/C13H12F3NO3/c1-6(2)9-5-8(20-13(14,15)16)3-7-4-10(12(18)19)17-11(7)9/h3-6,17H,1-2H3,(H,18,19). The molecule has 20 heavy (non-hydrogen) atoms. The van der Waals surface area contributed by atoms with Gasteiger partial charge in [0.05, 0.1) is 0 Å². The number of carboxylic acids is 1. The first-order valence-electron chi connectivity index (χ1n) is 5.83. The van der Waals surface area contributed by atoms with Crippen LogP contribution in [0.1, 0.15) is 35.8 Å². The van der Waals surface area contributed by atoms with Gasteiger partial charge in [0.15, 0.2) is 0 Å². The van der Waals surface area contributed by atoms with Crippen molar-refractivity contribution >= 4 is 16.9 Å². The van der Waals surface area contributed by atoms with E-state index in [4.69, 9.17) is 5.11 Å². The normalized spacial score (nSPS) is 12.1. The Hall–Kier alpha value is -2.18. The molecule has 0 aliphatic rings. The van der Waals surface area contributed by atoms with E-state index >= 15 is 0 Å². The van der Waals surface area contributed by atoms with Crippen LogP contribution in [0, 0.1) is 0 Å². The zero-order chi connectivity index (χ0) is 15.1. The van der Waals surface area contributed by atoms with E-state index in [2.05, 4.69) is 9.72 Å². The van der Waals surface area contributed by atoms with Crippen molar-refractivity contribution in [2.45, 2.75) is 26.1 Å². The molecular formula is C13H12F3NO3. The number of H-pyrrole nitrogens is 1. The van der Waals surface area contributed by atoms with Gasteiger partial charge >= 0.3 is 12.3 Å². The van der Waals surface area contributed by atoms with E-state index in [1.165, 1.54) is 12.1 Å². The number of aromatic amines is 1. The van der Waals surface area contributed by atoms with Crippen LogP contribution in [0.25, 0.3) is 10.9 Å².